The molecule has 2 amide bonds. The van der Waals surface area contributed by atoms with Crippen LogP contribution in [0.5, 0.6) is 0 Å². The van der Waals surface area contributed by atoms with Crippen LogP contribution in [0.15, 0.2) is 12.4 Å². The number of imidazole rings is 1. The van der Waals surface area contributed by atoms with Crippen molar-refractivity contribution in [3.63, 3.8) is 0 Å². The number of nitrogens with zero attached hydrogens (tertiary/aromatic N) is 4. The Morgan fingerprint density at radius 2 is 2.04 bits per heavy atom. The van der Waals surface area contributed by atoms with E-state index in [0.29, 0.717) is 19.5 Å². The normalized spacial score (nSPS) is 15.5. The second-order valence-corrected chi connectivity index (χ2v) is 6.62. The summed E-state index contributed by atoms with van der Waals surface area (Å²) in [6, 6.07) is 0. The van der Waals surface area contributed by atoms with Gasteiger partial charge in [-0.05, 0) is 26.7 Å². The Morgan fingerprint density at radius 1 is 1.32 bits per heavy atom. The standard InChI is InChI=1S/C17H24N6O2/c1-11-14(12(2)21-20-11)9-16(25)22-6-3-13(4-7-22)17-19-5-8-23(17)10-15(18)24/h5,8,13H,3-4,6-7,9-10H2,1-2H3,(H2,18,24)(H,20,21). The Bertz CT molecular complexity index is 750. The number of likely N-dealkylation sites (tertiary alicyclic amines) is 1. The van der Waals surface area contributed by atoms with Gasteiger partial charge in [-0.15, -0.1) is 0 Å². The average Bonchev–Trinajstić information content (AvgIpc) is 3.16. The molecule has 3 heterocycles. The number of aryl methyl sites for hydroxylation is 2. The molecule has 0 aromatic carbocycles. The van der Waals surface area contributed by atoms with E-state index in [-0.39, 0.29) is 24.3 Å². The molecule has 3 N–H and O–H groups in total. The zero-order valence-electron chi connectivity index (χ0n) is 14.7. The zero-order chi connectivity index (χ0) is 18.0. The molecular formula is C17H24N6O2. The van der Waals surface area contributed by atoms with E-state index >= 15 is 0 Å². The lowest BCUT2D eigenvalue weighted by atomic mass is 9.95. The molecule has 1 saturated heterocycles. The molecular weight excluding hydrogens is 320 g/mol. The highest BCUT2D eigenvalue weighted by molar-refractivity contribution is 5.79. The number of aromatic amines is 1. The molecule has 8 nitrogen and oxygen atoms in total. The number of carbonyl (C=O) groups is 2. The maximum Gasteiger partial charge on any atom is 0.237 e. The first-order chi connectivity index (χ1) is 12.0. The monoisotopic (exact) mass is 344 g/mol. The number of primary amides is 1. The number of carbonyl (C=O) groups excluding carboxylic acids is 2. The van der Waals surface area contributed by atoms with Gasteiger partial charge in [-0.1, -0.05) is 0 Å². The van der Waals surface area contributed by atoms with Crippen LogP contribution in [0.2, 0.25) is 0 Å². The van der Waals surface area contributed by atoms with Crippen molar-refractivity contribution in [1.29, 1.82) is 0 Å². The Morgan fingerprint density at radius 3 is 2.64 bits per heavy atom. The third kappa shape index (κ3) is 3.72. The molecule has 0 saturated carbocycles. The highest BCUT2D eigenvalue weighted by Gasteiger charge is 2.27. The summed E-state index contributed by atoms with van der Waals surface area (Å²) < 4.78 is 1.81. The fourth-order valence-electron chi connectivity index (χ4n) is 3.47. The van der Waals surface area contributed by atoms with E-state index in [0.717, 1.165) is 35.6 Å². The molecule has 3 rings (SSSR count). The van der Waals surface area contributed by atoms with Crippen molar-refractivity contribution in [1.82, 2.24) is 24.6 Å². The molecule has 134 valence electrons. The van der Waals surface area contributed by atoms with Crippen molar-refractivity contribution in [2.45, 2.75) is 45.6 Å². The number of nitrogens with two attached hydrogens (primary N) is 1. The van der Waals surface area contributed by atoms with E-state index in [1.807, 2.05) is 23.3 Å². The highest BCUT2D eigenvalue weighted by atomic mass is 16.2. The van der Waals surface area contributed by atoms with Gasteiger partial charge in [0.2, 0.25) is 11.8 Å². The zero-order valence-corrected chi connectivity index (χ0v) is 14.7. The number of H-pyrrole nitrogens is 1. The molecule has 0 unspecified atom stereocenters. The van der Waals surface area contributed by atoms with Gasteiger partial charge in [0.25, 0.3) is 0 Å². The summed E-state index contributed by atoms with van der Waals surface area (Å²) in [6.07, 6.45) is 5.53. The largest absolute Gasteiger partial charge is 0.368 e. The Balaban J connectivity index is 1.59. The van der Waals surface area contributed by atoms with Gasteiger partial charge < -0.3 is 15.2 Å². The molecule has 0 aliphatic carbocycles. The summed E-state index contributed by atoms with van der Waals surface area (Å²) in [5.74, 6) is 0.882. The van der Waals surface area contributed by atoms with E-state index in [2.05, 4.69) is 15.2 Å². The number of nitrogens with one attached hydrogen (secondary N) is 1. The van der Waals surface area contributed by atoms with Gasteiger partial charge in [0.1, 0.15) is 12.4 Å². The van der Waals surface area contributed by atoms with E-state index in [1.54, 1.807) is 12.4 Å². The predicted octanol–water partition coefficient (Wildman–Crippen LogP) is 0.657. The van der Waals surface area contributed by atoms with Crippen LogP contribution in [0.4, 0.5) is 0 Å². The molecule has 0 atom stereocenters. The Kier molecular flexibility index (Phi) is 4.87. The molecule has 2 aromatic heterocycles. The van der Waals surface area contributed by atoms with Gasteiger partial charge in [-0.25, -0.2) is 4.98 Å². The van der Waals surface area contributed by atoms with E-state index in [9.17, 15) is 9.59 Å². The number of amides is 2. The third-order valence-corrected chi connectivity index (χ3v) is 4.90. The summed E-state index contributed by atoms with van der Waals surface area (Å²) in [7, 11) is 0. The van der Waals surface area contributed by atoms with Crippen molar-refractivity contribution in [2.24, 2.45) is 5.73 Å². The molecule has 8 heteroatoms. The smallest absolute Gasteiger partial charge is 0.237 e. The van der Waals surface area contributed by atoms with Crippen LogP contribution in [0.3, 0.4) is 0 Å². The fourth-order valence-corrected chi connectivity index (χ4v) is 3.47. The first kappa shape index (κ1) is 17.2. The van der Waals surface area contributed by atoms with Crippen molar-refractivity contribution in [3.8, 4) is 0 Å². The SMILES string of the molecule is Cc1n[nH]c(C)c1CC(=O)N1CCC(c2nccn2CC(N)=O)CC1. The van der Waals surface area contributed by atoms with Gasteiger partial charge in [-0.3, -0.25) is 14.7 Å². The van der Waals surface area contributed by atoms with Crippen LogP contribution < -0.4 is 5.73 Å². The number of rotatable bonds is 5. The van der Waals surface area contributed by atoms with E-state index in [4.69, 9.17) is 5.73 Å². The van der Waals surface area contributed by atoms with Crippen LogP contribution in [0.1, 0.15) is 41.5 Å². The minimum atomic E-state index is -0.377. The first-order valence-electron chi connectivity index (χ1n) is 8.53. The van der Waals surface area contributed by atoms with Crippen LogP contribution >= 0.6 is 0 Å². The quantitative estimate of drug-likeness (QED) is 0.830. The summed E-state index contributed by atoms with van der Waals surface area (Å²) in [4.78, 5) is 30.0. The summed E-state index contributed by atoms with van der Waals surface area (Å²) >= 11 is 0. The molecule has 1 aliphatic rings. The lowest BCUT2D eigenvalue weighted by molar-refractivity contribution is -0.131. The van der Waals surface area contributed by atoms with Crippen LogP contribution in [-0.4, -0.2) is 49.6 Å². The molecule has 0 bridgehead atoms. The summed E-state index contributed by atoms with van der Waals surface area (Å²) in [6.45, 7) is 5.39. The summed E-state index contributed by atoms with van der Waals surface area (Å²) in [5.41, 5.74) is 8.11. The van der Waals surface area contributed by atoms with Gasteiger partial charge in [0, 0.05) is 42.7 Å². The first-order valence-corrected chi connectivity index (χ1v) is 8.53. The number of piperidine rings is 1. The lowest BCUT2D eigenvalue weighted by Gasteiger charge is -2.32. The van der Waals surface area contributed by atoms with Gasteiger partial charge in [0.15, 0.2) is 0 Å². The van der Waals surface area contributed by atoms with Gasteiger partial charge in [-0.2, -0.15) is 5.10 Å². The minimum absolute atomic E-state index is 0.131. The number of aromatic nitrogens is 4. The molecule has 0 radical (unpaired) electrons. The Hall–Kier alpha value is -2.64. The number of hydrogen-bond acceptors (Lipinski definition) is 4. The van der Waals surface area contributed by atoms with Crippen molar-refractivity contribution in [2.75, 3.05) is 13.1 Å². The topological polar surface area (TPSA) is 110 Å². The number of hydrogen-bond donors (Lipinski definition) is 2. The van der Waals surface area contributed by atoms with Crippen LogP contribution in [-0.2, 0) is 22.6 Å². The second-order valence-electron chi connectivity index (χ2n) is 6.62. The third-order valence-electron chi connectivity index (χ3n) is 4.90. The average molecular weight is 344 g/mol. The predicted molar refractivity (Wildman–Crippen MR) is 91.7 cm³/mol. The van der Waals surface area contributed by atoms with Gasteiger partial charge >= 0.3 is 0 Å². The maximum atomic E-state index is 12.6. The second kappa shape index (κ2) is 7.08. The maximum absolute atomic E-state index is 12.6. The summed E-state index contributed by atoms with van der Waals surface area (Å²) in [5, 5.41) is 7.07. The van der Waals surface area contributed by atoms with Crippen molar-refractivity contribution in [3.05, 3.63) is 35.2 Å². The van der Waals surface area contributed by atoms with E-state index < -0.39 is 0 Å². The van der Waals surface area contributed by atoms with E-state index in [1.165, 1.54) is 0 Å². The van der Waals surface area contributed by atoms with Crippen LogP contribution in [0.25, 0.3) is 0 Å². The Labute approximate surface area is 146 Å². The highest BCUT2D eigenvalue weighted by Crippen LogP contribution is 2.27. The van der Waals surface area contributed by atoms with Crippen LogP contribution in [0, 0.1) is 13.8 Å². The van der Waals surface area contributed by atoms with Gasteiger partial charge in [0.05, 0.1) is 12.1 Å². The fraction of sp³-hybridized carbons (Fsp3) is 0.529. The molecule has 0 spiro atoms. The van der Waals surface area contributed by atoms with Crippen molar-refractivity contribution < 1.29 is 9.59 Å². The minimum Gasteiger partial charge on any atom is -0.368 e. The molecule has 25 heavy (non-hydrogen) atoms. The molecule has 1 fully saturated rings. The molecule has 1 aliphatic heterocycles. The lowest BCUT2D eigenvalue weighted by Crippen LogP contribution is -2.39. The van der Waals surface area contributed by atoms with Crippen molar-refractivity contribution >= 4 is 11.8 Å². The molecule has 2 aromatic rings.